The largest absolute Gasteiger partial charge is 0.447 e. The molecule has 0 saturated heterocycles. The standard InChI is InChI=1S/C18H18O2S/c19-17-16-14-9-5-4-6-12(14)10-11-15(16)21-18(20-17)13-7-2-1-3-8-13/h4-6,9-11,13,18H,1-3,7-8H2. The Kier molecular flexibility index (Phi) is 3.38. The van der Waals surface area contributed by atoms with Gasteiger partial charge < -0.3 is 4.74 Å². The van der Waals surface area contributed by atoms with Crippen molar-refractivity contribution in [3.63, 3.8) is 0 Å². The van der Waals surface area contributed by atoms with Gasteiger partial charge in [-0.1, -0.05) is 61.4 Å². The fourth-order valence-electron chi connectivity index (χ4n) is 3.47. The molecule has 0 N–H and O–H groups in total. The highest BCUT2D eigenvalue weighted by atomic mass is 32.2. The van der Waals surface area contributed by atoms with E-state index in [1.807, 2.05) is 24.3 Å². The maximum absolute atomic E-state index is 12.5. The summed E-state index contributed by atoms with van der Waals surface area (Å²) in [5.74, 6) is 0.378. The second-order valence-electron chi connectivity index (χ2n) is 5.95. The molecule has 0 amide bonds. The van der Waals surface area contributed by atoms with Gasteiger partial charge in [0, 0.05) is 10.8 Å². The zero-order valence-electron chi connectivity index (χ0n) is 11.9. The summed E-state index contributed by atoms with van der Waals surface area (Å²) in [6, 6.07) is 12.2. The fraction of sp³-hybridized carbons (Fsp3) is 0.389. The predicted molar refractivity (Wildman–Crippen MR) is 85.6 cm³/mol. The van der Waals surface area contributed by atoms with Crippen LogP contribution in [-0.2, 0) is 4.74 Å². The van der Waals surface area contributed by atoms with Gasteiger partial charge in [0.2, 0.25) is 0 Å². The van der Waals surface area contributed by atoms with Crippen LogP contribution in [-0.4, -0.2) is 11.4 Å². The molecule has 1 heterocycles. The molecule has 1 saturated carbocycles. The lowest BCUT2D eigenvalue weighted by atomic mass is 9.90. The van der Waals surface area contributed by atoms with E-state index in [9.17, 15) is 4.79 Å². The first kappa shape index (κ1) is 13.2. The van der Waals surface area contributed by atoms with E-state index in [2.05, 4.69) is 12.1 Å². The highest BCUT2D eigenvalue weighted by molar-refractivity contribution is 8.00. The van der Waals surface area contributed by atoms with Crippen LogP contribution >= 0.6 is 11.8 Å². The first-order chi connectivity index (χ1) is 10.3. The Morgan fingerprint density at radius 3 is 2.67 bits per heavy atom. The SMILES string of the molecule is O=C1OC(C2CCCCC2)Sc2ccc3ccccc3c21. The molecule has 1 aliphatic heterocycles. The minimum Gasteiger partial charge on any atom is -0.447 e. The number of fused-ring (bicyclic) bond motifs is 3. The summed E-state index contributed by atoms with van der Waals surface area (Å²) < 4.78 is 5.78. The van der Waals surface area contributed by atoms with E-state index in [1.165, 1.54) is 32.1 Å². The van der Waals surface area contributed by atoms with Crippen LogP contribution < -0.4 is 0 Å². The molecule has 1 unspecified atom stereocenters. The zero-order chi connectivity index (χ0) is 14.2. The second kappa shape index (κ2) is 5.38. The molecule has 2 nitrogen and oxygen atoms in total. The van der Waals surface area contributed by atoms with E-state index in [0.717, 1.165) is 21.2 Å². The number of carbonyl (C=O) groups is 1. The monoisotopic (exact) mass is 298 g/mol. The summed E-state index contributed by atoms with van der Waals surface area (Å²) in [7, 11) is 0. The Morgan fingerprint density at radius 1 is 1.00 bits per heavy atom. The molecular weight excluding hydrogens is 280 g/mol. The average Bonchev–Trinajstić information content (AvgIpc) is 2.55. The Balaban J connectivity index is 1.72. The molecule has 108 valence electrons. The maximum atomic E-state index is 12.5. The quantitative estimate of drug-likeness (QED) is 0.692. The number of thioether (sulfide) groups is 1. The van der Waals surface area contributed by atoms with Gasteiger partial charge in [0.05, 0.1) is 5.56 Å². The number of hydrogen-bond donors (Lipinski definition) is 0. The summed E-state index contributed by atoms with van der Waals surface area (Å²) in [6.07, 6.45) is 6.23. The number of esters is 1. The summed E-state index contributed by atoms with van der Waals surface area (Å²) in [5.41, 5.74) is 0.761. The molecule has 0 radical (unpaired) electrons. The third-order valence-corrected chi connectivity index (χ3v) is 5.90. The van der Waals surface area contributed by atoms with Crippen molar-refractivity contribution in [2.24, 2.45) is 5.92 Å². The van der Waals surface area contributed by atoms with Crippen LogP contribution in [0.25, 0.3) is 10.8 Å². The van der Waals surface area contributed by atoms with Gasteiger partial charge in [-0.3, -0.25) is 0 Å². The Bertz CT molecular complexity index is 689. The number of cyclic esters (lactones) is 1. The molecule has 0 aromatic heterocycles. The highest BCUT2D eigenvalue weighted by Crippen LogP contribution is 2.43. The van der Waals surface area contributed by atoms with Crippen LogP contribution in [0.15, 0.2) is 41.3 Å². The van der Waals surface area contributed by atoms with Crippen LogP contribution in [0.3, 0.4) is 0 Å². The fourth-order valence-corrected chi connectivity index (χ4v) is 4.78. The minimum absolute atomic E-state index is 0.00598. The number of rotatable bonds is 1. The molecule has 4 rings (SSSR count). The lowest BCUT2D eigenvalue weighted by molar-refractivity contribution is 0.0313. The third-order valence-electron chi connectivity index (χ3n) is 4.60. The zero-order valence-corrected chi connectivity index (χ0v) is 12.7. The summed E-state index contributed by atoms with van der Waals surface area (Å²) in [6.45, 7) is 0. The molecule has 1 atom stereocenters. The third kappa shape index (κ3) is 2.34. The molecule has 21 heavy (non-hydrogen) atoms. The normalized spacial score (nSPS) is 22.9. The molecule has 2 aromatic rings. The topological polar surface area (TPSA) is 26.3 Å². The Hall–Kier alpha value is -1.48. The molecule has 1 aliphatic carbocycles. The van der Waals surface area contributed by atoms with E-state index in [1.54, 1.807) is 11.8 Å². The highest BCUT2D eigenvalue weighted by Gasteiger charge is 2.34. The van der Waals surface area contributed by atoms with Crippen molar-refractivity contribution < 1.29 is 9.53 Å². The van der Waals surface area contributed by atoms with E-state index in [-0.39, 0.29) is 11.4 Å². The number of ether oxygens (including phenoxy) is 1. The van der Waals surface area contributed by atoms with Crippen LogP contribution in [0.1, 0.15) is 42.5 Å². The second-order valence-corrected chi connectivity index (χ2v) is 7.09. The van der Waals surface area contributed by atoms with Gasteiger partial charge in [-0.15, -0.1) is 0 Å². The molecule has 2 aromatic carbocycles. The number of carbonyl (C=O) groups excluding carboxylic acids is 1. The summed E-state index contributed by atoms with van der Waals surface area (Å²) in [5, 5.41) is 2.11. The van der Waals surface area contributed by atoms with E-state index < -0.39 is 0 Å². The van der Waals surface area contributed by atoms with Gasteiger partial charge in [0.1, 0.15) is 0 Å². The number of hydrogen-bond acceptors (Lipinski definition) is 3. The summed E-state index contributed by atoms with van der Waals surface area (Å²) in [4.78, 5) is 13.6. The van der Waals surface area contributed by atoms with Crippen molar-refractivity contribution in [3.05, 3.63) is 42.0 Å². The average molecular weight is 298 g/mol. The van der Waals surface area contributed by atoms with Crippen molar-refractivity contribution in [2.75, 3.05) is 0 Å². The van der Waals surface area contributed by atoms with Gasteiger partial charge in [0.15, 0.2) is 5.44 Å². The maximum Gasteiger partial charge on any atom is 0.341 e. The Morgan fingerprint density at radius 2 is 1.81 bits per heavy atom. The lowest BCUT2D eigenvalue weighted by Crippen LogP contribution is -2.29. The van der Waals surface area contributed by atoms with Gasteiger partial charge in [-0.2, -0.15) is 0 Å². The van der Waals surface area contributed by atoms with Crippen molar-refractivity contribution >= 4 is 28.5 Å². The molecule has 1 fully saturated rings. The van der Waals surface area contributed by atoms with Crippen molar-refractivity contribution in [1.82, 2.24) is 0 Å². The van der Waals surface area contributed by atoms with Gasteiger partial charge in [-0.25, -0.2) is 4.79 Å². The van der Waals surface area contributed by atoms with Crippen LogP contribution in [0, 0.1) is 5.92 Å². The van der Waals surface area contributed by atoms with Gasteiger partial charge in [0.25, 0.3) is 0 Å². The van der Waals surface area contributed by atoms with Crippen molar-refractivity contribution in [1.29, 1.82) is 0 Å². The Labute approximate surface area is 128 Å². The van der Waals surface area contributed by atoms with Gasteiger partial charge >= 0.3 is 5.97 Å². The minimum atomic E-state index is -0.142. The molecular formula is C18H18O2S. The smallest absolute Gasteiger partial charge is 0.341 e. The first-order valence-electron chi connectivity index (χ1n) is 7.72. The first-order valence-corrected chi connectivity index (χ1v) is 8.60. The van der Waals surface area contributed by atoms with Crippen molar-refractivity contribution in [2.45, 2.75) is 42.4 Å². The van der Waals surface area contributed by atoms with Crippen LogP contribution in [0.4, 0.5) is 0 Å². The van der Waals surface area contributed by atoms with Crippen LogP contribution in [0.5, 0.6) is 0 Å². The van der Waals surface area contributed by atoms with Gasteiger partial charge in [-0.05, 0) is 29.7 Å². The predicted octanol–water partition coefficient (Wildman–Crippen LogP) is 5.01. The molecule has 2 aliphatic rings. The molecule has 3 heteroatoms. The summed E-state index contributed by atoms with van der Waals surface area (Å²) >= 11 is 1.74. The van der Waals surface area contributed by atoms with E-state index >= 15 is 0 Å². The number of benzene rings is 2. The lowest BCUT2D eigenvalue weighted by Gasteiger charge is -2.33. The van der Waals surface area contributed by atoms with E-state index in [0.29, 0.717) is 5.92 Å². The van der Waals surface area contributed by atoms with Crippen molar-refractivity contribution in [3.8, 4) is 0 Å². The molecule has 0 bridgehead atoms. The van der Waals surface area contributed by atoms with Crippen LogP contribution in [0.2, 0.25) is 0 Å². The molecule has 0 spiro atoms. The van der Waals surface area contributed by atoms with E-state index in [4.69, 9.17) is 4.74 Å².